The standard InChI is InChI=1S/C6H8N4O3/c11-5(1-6(12)13)7-2-4-8-3-9-10-4/h3H,1-2H2,(H,7,11)(H,12,13)(H,8,9,10). The number of nitrogens with one attached hydrogen (secondary N) is 2. The van der Waals surface area contributed by atoms with Gasteiger partial charge in [0.05, 0.1) is 6.54 Å². The average molecular weight is 184 g/mol. The molecular weight excluding hydrogens is 176 g/mol. The topological polar surface area (TPSA) is 108 Å². The summed E-state index contributed by atoms with van der Waals surface area (Å²) in [6.07, 6.45) is 0.771. The zero-order chi connectivity index (χ0) is 9.68. The quantitative estimate of drug-likeness (QED) is 0.514. The van der Waals surface area contributed by atoms with Crippen LogP contribution in [0.2, 0.25) is 0 Å². The van der Waals surface area contributed by atoms with E-state index in [0.29, 0.717) is 5.82 Å². The minimum atomic E-state index is -1.16. The number of amides is 1. The lowest BCUT2D eigenvalue weighted by Gasteiger charge is -1.98. The van der Waals surface area contributed by atoms with Gasteiger partial charge in [0.1, 0.15) is 18.6 Å². The van der Waals surface area contributed by atoms with Crippen LogP contribution in [-0.4, -0.2) is 32.2 Å². The summed E-state index contributed by atoms with van der Waals surface area (Å²) < 4.78 is 0. The highest BCUT2D eigenvalue weighted by Crippen LogP contribution is 1.85. The number of carboxylic acid groups (broad SMARTS) is 1. The van der Waals surface area contributed by atoms with E-state index in [1.807, 2.05) is 0 Å². The number of rotatable bonds is 4. The SMILES string of the molecule is O=C(O)CC(=O)NCc1ncn[nH]1. The van der Waals surface area contributed by atoms with Gasteiger partial charge < -0.3 is 10.4 Å². The van der Waals surface area contributed by atoms with Gasteiger partial charge >= 0.3 is 5.97 Å². The van der Waals surface area contributed by atoms with Crippen LogP contribution in [0.25, 0.3) is 0 Å². The van der Waals surface area contributed by atoms with E-state index >= 15 is 0 Å². The van der Waals surface area contributed by atoms with E-state index < -0.39 is 18.3 Å². The Balaban J connectivity index is 2.27. The van der Waals surface area contributed by atoms with Crippen molar-refractivity contribution < 1.29 is 14.7 Å². The largest absolute Gasteiger partial charge is 0.481 e. The maximum Gasteiger partial charge on any atom is 0.312 e. The summed E-state index contributed by atoms with van der Waals surface area (Å²) in [5.41, 5.74) is 0. The molecule has 1 aromatic rings. The molecule has 1 aromatic heterocycles. The van der Waals surface area contributed by atoms with Crippen LogP contribution in [0.1, 0.15) is 12.2 Å². The van der Waals surface area contributed by atoms with Gasteiger partial charge in [0, 0.05) is 0 Å². The molecule has 7 heteroatoms. The van der Waals surface area contributed by atoms with Crippen LogP contribution < -0.4 is 5.32 Å². The van der Waals surface area contributed by atoms with E-state index in [2.05, 4.69) is 20.5 Å². The fraction of sp³-hybridized carbons (Fsp3) is 0.333. The number of carboxylic acids is 1. The van der Waals surface area contributed by atoms with Crippen LogP contribution in [0.3, 0.4) is 0 Å². The fourth-order valence-corrected chi connectivity index (χ4v) is 0.698. The van der Waals surface area contributed by atoms with Crippen molar-refractivity contribution in [2.24, 2.45) is 0 Å². The second-order valence-electron chi connectivity index (χ2n) is 2.28. The van der Waals surface area contributed by atoms with Crippen LogP contribution in [0.4, 0.5) is 0 Å². The van der Waals surface area contributed by atoms with Crippen LogP contribution >= 0.6 is 0 Å². The maximum absolute atomic E-state index is 10.8. The zero-order valence-electron chi connectivity index (χ0n) is 6.65. The molecule has 3 N–H and O–H groups in total. The number of nitrogens with zero attached hydrogens (tertiary/aromatic N) is 2. The molecule has 0 aliphatic carbocycles. The first-order valence-electron chi connectivity index (χ1n) is 3.51. The van der Waals surface area contributed by atoms with E-state index in [0.717, 1.165) is 0 Å². The molecule has 0 aliphatic rings. The molecule has 0 fully saturated rings. The summed E-state index contributed by atoms with van der Waals surface area (Å²) >= 11 is 0. The summed E-state index contributed by atoms with van der Waals surface area (Å²) in [6.45, 7) is 0.159. The normalized spacial score (nSPS) is 9.54. The minimum Gasteiger partial charge on any atom is -0.481 e. The van der Waals surface area contributed by atoms with Crippen molar-refractivity contribution >= 4 is 11.9 Å². The minimum absolute atomic E-state index is 0.159. The summed E-state index contributed by atoms with van der Waals surface area (Å²) in [4.78, 5) is 24.6. The Morgan fingerprint density at radius 2 is 2.38 bits per heavy atom. The predicted octanol–water partition coefficient (Wildman–Crippen LogP) is -1.10. The molecule has 13 heavy (non-hydrogen) atoms. The first kappa shape index (κ1) is 9.17. The Bertz CT molecular complexity index is 295. The van der Waals surface area contributed by atoms with Gasteiger partial charge in [-0.1, -0.05) is 0 Å². The van der Waals surface area contributed by atoms with Crippen molar-refractivity contribution in [2.45, 2.75) is 13.0 Å². The summed E-state index contributed by atoms with van der Waals surface area (Å²) in [6, 6.07) is 0. The van der Waals surface area contributed by atoms with Gasteiger partial charge in [0.15, 0.2) is 0 Å². The number of aliphatic carboxylic acids is 1. The predicted molar refractivity (Wildman–Crippen MR) is 40.5 cm³/mol. The molecule has 70 valence electrons. The number of carbonyl (C=O) groups excluding carboxylic acids is 1. The van der Waals surface area contributed by atoms with Crippen molar-refractivity contribution in [3.05, 3.63) is 12.2 Å². The zero-order valence-corrected chi connectivity index (χ0v) is 6.65. The molecular formula is C6H8N4O3. The fourth-order valence-electron chi connectivity index (χ4n) is 0.698. The Kier molecular flexibility index (Phi) is 2.96. The van der Waals surface area contributed by atoms with Gasteiger partial charge in [-0.25, -0.2) is 4.98 Å². The highest BCUT2D eigenvalue weighted by Gasteiger charge is 2.06. The van der Waals surface area contributed by atoms with Gasteiger partial charge in [-0.15, -0.1) is 0 Å². The Labute approximate surface area is 73.2 Å². The lowest BCUT2D eigenvalue weighted by molar-refractivity contribution is -0.140. The third kappa shape index (κ3) is 3.32. The van der Waals surface area contributed by atoms with Crippen molar-refractivity contribution in [2.75, 3.05) is 0 Å². The first-order valence-corrected chi connectivity index (χ1v) is 3.51. The van der Waals surface area contributed by atoms with Crippen molar-refractivity contribution in [3.8, 4) is 0 Å². The van der Waals surface area contributed by atoms with Gasteiger partial charge in [0.25, 0.3) is 0 Å². The smallest absolute Gasteiger partial charge is 0.312 e. The molecule has 0 saturated carbocycles. The molecule has 0 unspecified atom stereocenters. The number of H-pyrrole nitrogens is 1. The van der Waals surface area contributed by atoms with Gasteiger partial charge in [-0.3, -0.25) is 14.7 Å². The summed E-state index contributed by atoms with van der Waals surface area (Å²) in [5, 5.41) is 16.7. The van der Waals surface area contributed by atoms with Crippen LogP contribution in [0.5, 0.6) is 0 Å². The van der Waals surface area contributed by atoms with E-state index in [1.165, 1.54) is 6.33 Å². The number of hydrogen-bond donors (Lipinski definition) is 3. The van der Waals surface area contributed by atoms with Crippen LogP contribution in [0.15, 0.2) is 6.33 Å². The third-order valence-corrected chi connectivity index (χ3v) is 1.23. The Hall–Kier alpha value is -1.92. The third-order valence-electron chi connectivity index (χ3n) is 1.23. The second-order valence-corrected chi connectivity index (χ2v) is 2.28. The molecule has 1 heterocycles. The van der Waals surface area contributed by atoms with Gasteiger partial charge in [0.2, 0.25) is 5.91 Å². The molecule has 1 rings (SSSR count). The highest BCUT2D eigenvalue weighted by molar-refractivity contribution is 5.93. The summed E-state index contributed by atoms with van der Waals surface area (Å²) in [5.74, 6) is -1.22. The summed E-state index contributed by atoms with van der Waals surface area (Å²) in [7, 11) is 0. The van der Waals surface area contributed by atoms with Crippen molar-refractivity contribution in [1.82, 2.24) is 20.5 Å². The lowest BCUT2D eigenvalue weighted by atomic mass is 10.4. The molecule has 0 radical (unpaired) electrons. The van der Waals surface area contributed by atoms with E-state index in [4.69, 9.17) is 5.11 Å². The maximum atomic E-state index is 10.8. The number of carbonyl (C=O) groups is 2. The van der Waals surface area contributed by atoms with E-state index in [1.54, 1.807) is 0 Å². The molecule has 0 bridgehead atoms. The monoisotopic (exact) mass is 184 g/mol. The lowest BCUT2D eigenvalue weighted by Crippen LogP contribution is -2.25. The molecule has 0 saturated heterocycles. The van der Waals surface area contributed by atoms with Gasteiger partial charge in [-0.05, 0) is 0 Å². The van der Waals surface area contributed by atoms with Gasteiger partial charge in [-0.2, -0.15) is 5.10 Å². The molecule has 0 aliphatic heterocycles. The van der Waals surface area contributed by atoms with E-state index in [9.17, 15) is 9.59 Å². The number of aromatic nitrogens is 3. The Morgan fingerprint density at radius 3 is 2.92 bits per heavy atom. The number of hydrogen-bond acceptors (Lipinski definition) is 4. The van der Waals surface area contributed by atoms with Crippen molar-refractivity contribution in [3.63, 3.8) is 0 Å². The second kappa shape index (κ2) is 4.19. The first-order chi connectivity index (χ1) is 6.18. The van der Waals surface area contributed by atoms with E-state index in [-0.39, 0.29) is 6.54 Å². The van der Waals surface area contributed by atoms with Crippen LogP contribution in [-0.2, 0) is 16.1 Å². The van der Waals surface area contributed by atoms with Crippen LogP contribution in [0, 0.1) is 0 Å². The molecule has 7 nitrogen and oxygen atoms in total. The molecule has 0 aromatic carbocycles. The average Bonchev–Trinajstić information content (AvgIpc) is 2.51. The molecule has 0 atom stereocenters. The molecule has 0 spiro atoms. The molecule has 1 amide bonds. The Morgan fingerprint density at radius 1 is 1.62 bits per heavy atom. The highest BCUT2D eigenvalue weighted by atomic mass is 16.4. The number of aromatic amines is 1. The van der Waals surface area contributed by atoms with Crippen molar-refractivity contribution in [1.29, 1.82) is 0 Å².